The molecule has 2 fully saturated rings. The fraction of sp³-hybridized carbons (Fsp3) is 0.611. The molecule has 0 radical (unpaired) electrons. The lowest BCUT2D eigenvalue weighted by Gasteiger charge is -2.25. The third-order valence-corrected chi connectivity index (χ3v) is 6.52. The van der Waals surface area contributed by atoms with E-state index in [0.717, 1.165) is 49.5 Å². The first-order valence-electron chi connectivity index (χ1n) is 8.55. The Morgan fingerprint density at radius 2 is 2.00 bits per heavy atom. The van der Waals surface area contributed by atoms with Crippen molar-refractivity contribution in [3.05, 3.63) is 29.8 Å². The Labute approximate surface area is 146 Å². The van der Waals surface area contributed by atoms with Crippen LogP contribution < -0.4 is 4.74 Å². The average molecular weight is 352 g/mol. The highest BCUT2D eigenvalue weighted by Crippen LogP contribution is 2.40. The minimum Gasteiger partial charge on any atom is -0.465 e. The molecule has 4 atom stereocenters. The fourth-order valence-electron chi connectivity index (χ4n) is 3.44. The van der Waals surface area contributed by atoms with E-state index >= 15 is 0 Å². The molecule has 4 rings (SSSR count). The molecule has 1 aliphatic carbocycles. The van der Waals surface area contributed by atoms with Gasteiger partial charge in [0.05, 0.1) is 17.7 Å². The first kappa shape index (κ1) is 15.8. The van der Waals surface area contributed by atoms with Crippen molar-refractivity contribution in [3.63, 3.8) is 0 Å². The summed E-state index contributed by atoms with van der Waals surface area (Å²) in [5, 5.41) is 2.05. The van der Waals surface area contributed by atoms with Gasteiger partial charge in [-0.2, -0.15) is 0 Å². The van der Waals surface area contributed by atoms with E-state index in [1.165, 1.54) is 12.0 Å². The Balaban J connectivity index is 1.40. The van der Waals surface area contributed by atoms with Crippen LogP contribution in [0, 0.1) is 0 Å². The number of benzene rings is 1. The summed E-state index contributed by atoms with van der Waals surface area (Å²) in [6.45, 7) is 0.806. The van der Waals surface area contributed by atoms with Crippen LogP contribution in [-0.4, -0.2) is 34.6 Å². The Morgan fingerprint density at radius 3 is 2.78 bits per heavy atom. The van der Waals surface area contributed by atoms with Crippen LogP contribution in [0.4, 0.5) is 0 Å². The van der Waals surface area contributed by atoms with Crippen LogP contribution in [0.5, 0.6) is 5.75 Å². The highest BCUT2D eigenvalue weighted by molar-refractivity contribution is 8.15. The molecule has 0 aromatic heterocycles. The SMILES string of the molecule is ClC1CCC2N=C(c3ccc(OC4CCCCO4)cc3)SC2C1. The molecule has 0 bridgehead atoms. The van der Waals surface area contributed by atoms with Gasteiger partial charge in [-0.3, -0.25) is 4.99 Å². The van der Waals surface area contributed by atoms with Crippen LogP contribution in [-0.2, 0) is 4.74 Å². The first-order chi connectivity index (χ1) is 11.3. The molecule has 1 saturated carbocycles. The van der Waals surface area contributed by atoms with Crippen LogP contribution in [0.25, 0.3) is 0 Å². The molecule has 1 aromatic rings. The zero-order chi connectivity index (χ0) is 15.6. The highest BCUT2D eigenvalue weighted by atomic mass is 35.5. The fourth-order valence-corrected chi connectivity index (χ4v) is 5.30. The van der Waals surface area contributed by atoms with Crippen LogP contribution >= 0.6 is 23.4 Å². The molecule has 5 heteroatoms. The minimum atomic E-state index is -0.0867. The van der Waals surface area contributed by atoms with Crippen LogP contribution in [0.15, 0.2) is 29.3 Å². The Kier molecular flexibility index (Phi) is 4.83. The lowest BCUT2D eigenvalue weighted by atomic mass is 9.95. The maximum Gasteiger partial charge on any atom is 0.199 e. The maximum absolute atomic E-state index is 6.30. The summed E-state index contributed by atoms with van der Waals surface area (Å²) in [5.41, 5.74) is 1.19. The zero-order valence-electron chi connectivity index (χ0n) is 13.1. The number of halogens is 1. The number of nitrogens with zero attached hydrogens (tertiary/aromatic N) is 1. The number of hydrogen-bond donors (Lipinski definition) is 0. The lowest BCUT2D eigenvalue weighted by Crippen LogP contribution is -2.27. The van der Waals surface area contributed by atoms with E-state index in [4.69, 9.17) is 26.1 Å². The summed E-state index contributed by atoms with van der Waals surface area (Å²) < 4.78 is 11.5. The van der Waals surface area contributed by atoms with Crippen molar-refractivity contribution in [2.75, 3.05) is 6.61 Å². The summed E-state index contributed by atoms with van der Waals surface area (Å²) in [4.78, 5) is 4.92. The van der Waals surface area contributed by atoms with Crippen molar-refractivity contribution >= 4 is 28.4 Å². The second-order valence-corrected chi connectivity index (χ2v) is 8.35. The van der Waals surface area contributed by atoms with Crippen LogP contribution in [0.3, 0.4) is 0 Å². The van der Waals surface area contributed by atoms with E-state index in [0.29, 0.717) is 16.7 Å². The molecule has 2 heterocycles. The summed E-state index contributed by atoms with van der Waals surface area (Å²) >= 11 is 8.19. The second-order valence-electron chi connectivity index (χ2n) is 6.51. The van der Waals surface area contributed by atoms with Gasteiger partial charge in [-0.05, 0) is 56.4 Å². The third kappa shape index (κ3) is 3.70. The number of hydrogen-bond acceptors (Lipinski definition) is 4. The average Bonchev–Trinajstić information content (AvgIpc) is 2.99. The largest absolute Gasteiger partial charge is 0.465 e. The minimum absolute atomic E-state index is 0.0867. The molecule has 0 spiro atoms. The zero-order valence-corrected chi connectivity index (χ0v) is 14.7. The molecule has 3 nitrogen and oxygen atoms in total. The lowest BCUT2D eigenvalue weighted by molar-refractivity contribution is -0.105. The number of aliphatic imine (C=N–C) groups is 1. The molecular weight excluding hydrogens is 330 g/mol. The molecule has 0 amide bonds. The van der Waals surface area contributed by atoms with Crippen molar-refractivity contribution in [1.29, 1.82) is 0 Å². The molecule has 4 unspecified atom stereocenters. The second kappa shape index (κ2) is 7.04. The monoisotopic (exact) mass is 351 g/mol. The van der Waals surface area contributed by atoms with Crippen LogP contribution in [0.2, 0.25) is 0 Å². The molecule has 124 valence electrons. The van der Waals surface area contributed by atoms with Crippen molar-refractivity contribution in [2.45, 2.75) is 61.5 Å². The number of thioether (sulfide) groups is 1. The van der Waals surface area contributed by atoms with E-state index in [2.05, 4.69) is 12.1 Å². The highest BCUT2D eigenvalue weighted by Gasteiger charge is 2.35. The Hall–Kier alpha value is -0.710. The van der Waals surface area contributed by atoms with Gasteiger partial charge in [0.2, 0.25) is 0 Å². The van der Waals surface area contributed by atoms with Gasteiger partial charge in [-0.15, -0.1) is 23.4 Å². The number of rotatable bonds is 3. The van der Waals surface area contributed by atoms with E-state index in [-0.39, 0.29) is 6.29 Å². The first-order valence-corrected chi connectivity index (χ1v) is 9.87. The van der Waals surface area contributed by atoms with Crippen molar-refractivity contribution in [3.8, 4) is 5.75 Å². The Morgan fingerprint density at radius 1 is 1.13 bits per heavy atom. The predicted octanol–water partition coefficient (Wildman–Crippen LogP) is 4.61. The van der Waals surface area contributed by atoms with E-state index in [1.807, 2.05) is 23.9 Å². The summed E-state index contributed by atoms with van der Waals surface area (Å²) in [6, 6.07) is 8.74. The van der Waals surface area contributed by atoms with E-state index in [9.17, 15) is 0 Å². The molecule has 2 aliphatic heterocycles. The van der Waals surface area contributed by atoms with Gasteiger partial charge in [0.15, 0.2) is 6.29 Å². The maximum atomic E-state index is 6.30. The van der Waals surface area contributed by atoms with Crippen molar-refractivity contribution in [2.24, 2.45) is 4.99 Å². The van der Waals surface area contributed by atoms with E-state index < -0.39 is 0 Å². The number of fused-ring (bicyclic) bond motifs is 1. The molecular formula is C18H22ClNO2S. The molecule has 1 saturated heterocycles. The van der Waals surface area contributed by atoms with Crippen LogP contribution in [0.1, 0.15) is 44.1 Å². The van der Waals surface area contributed by atoms with Gasteiger partial charge in [-0.25, -0.2) is 0 Å². The summed E-state index contributed by atoms with van der Waals surface area (Å²) in [6.07, 6.45) is 6.50. The van der Waals surface area contributed by atoms with Gasteiger partial charge in [0.25, 0.3) is 0 Å². The smallest absolute Gasteiger partial charge is 0.199 e. The standard InChI is InChI=1S/C18H22ClNO2S/c19-13-6-9-15-16(11-13)23-18(20-15)12-4-7-14(8-5-12)22-17-3-1-2-10-21-17/h4-5,7-8,13,15-17H,1-3,6,9-11H2. The summed E-state index contributed by atoms with van der Waals surface area (Å²) in [7, 11) is 0. The van der Waals surface area contributed by atoms with Gasteiger partial charge in [0, 0.05) is 22.6 Å². The third-order valence-electron chi connectivity index (χ3n) is 4.75. The predicted molar refractivity (Wildman–Crippen MR) is 95.9 cm³/mol. The quantitative estimate of drug-likeness (QED) is 0.745. The molecule has 3 aliphatic rings. The molecule has 23 heavy (non-hydrogen) atoms. The summed E-state index contributed by atoms with van der Waals surface area (Å²) in [5.74, 6) is 0.877. The normalized spacial score (nSPS) is 33.9. The number of ether oxygens (including phenoxy) is 2. The van der Waals surface area contributed by atoms with Crippen molar-refractivity contribution in [1.82, 2.24) is 0 Å². The van der Waals surface area contributed by atoms with Gasteiger partial charge in [0.1, 0.15) is 5.75 Å². The van der Waals surface area contributed by atoms with E-state index in [1.54, 1.807) is 0 Å². The Bertz CT molecular complexity index is 571. The molecule has 1 aromatic carbocycles. The molecule has 0 N–H and O–H groups in total. The topological polar surface area (TPSA) is 30.8 Å². The van der Waals surface area contributed by atoms with Gasteiger partial charge >= 0.3 is 0 Å². The van der Waals surface area contributed by atoms with Gasteiger partial charge in [-0.1, -0.05) is 0 Å². The van der Waals surface area contributed by atoms with Crippen molar-refractivity contribution < 1.29 is 9.47 Å². The number of alkyl halides is 1. The van der Waals surface area contributed by atoms with Gasteiger partial charge < -0.3 is 9.47 Å².